The summed E-state index contributed by atoms with van der Waals surface area (Å²) in [6.07, 6.45) is 4.13. The molecule has 0 aromatic rings. The van der Waals surface area contributed by atoms with Crippen molar-refractivity contribution in [3.05, 3.63) is 0 Å². The topological polar surface area (TPSA) is 69.6 Å². The van der Waals surface area contributed by atoms with Crippen LogP contribution < -0.4 is 5.32 Å². The number of carbonyl (C=O) groups excluding carboxylic acids is 1. The van der Waals surface area contributed by atoms with Crippen LogP contribution in [0.2, 0.25) is 0 Å². The zero-order valence-electron chi connectivity index (χ0n) is 11.3. The van der Waals surface area contributed by atoms with E-state index in [1.807, 2.05) is 7.05 Å². The predicted molar refractivity (Wildman–Crippen MR) is 69.3 cm³/mol. The Labute approximate surface area is 109 Å². The molecule has 1 aliphatic carbocycles. The summed E-state index contributed by atoms with van der Waals surface area (Å²) in [7, 11) is 3.65. The van der Waals surface area contributed by atoms with Crippen LogP contribution in [0.5, 0.6) is 0 Å². The fourth-order valence-corrected chi connectivity index (χ4v) is 2.61. The molecule has 0 saturated heterocycles. The number of nitrogens with zero attached hydrogens (tertiary/aromatic N) is 1. The maximum atomic E-state index is 12.2. The van der Waals surface area contributed by atoms with Crippen molar-refractivity contribution in [2.24, 2.45) is 11.8 Å². The van der Waals surface area contributed by atoms with Crippen LogP contribution in [0.3, 0.4) is 0 Å². The molecule has 0 aromatic carbocycles. The summed E-state index contributed by atoms with van der Waals surface area (Å²) in [5, 5.41) is 12.2. The molecule has 0 aliphatic heterocycles. The maximum absolute atomic E-state index is 12.2. The summed E-state index contributed by atoms with van der Waals surface area (Å²) in [6, 6.07) is 0. The summed E-state index contributed by atoms with van der Waals surface area (Å²) < 4.78 is 0. The summed E-state index contributed by atoms with van der Waals surface area (Å²) in [4.78, 5) is 25.1. The molecule has 2 N–H and O–H groups in total. The van der Waals surface area contributed by atoms with Crippen molar-refractivity contribution in [3.63, 3.8) is 0 Å². The molecule has 0 aromatic heterocycles. The van der Waals surface area contributed by atoms with Gasteiger partial charge in [0.25, 0.3) is 0 Å². The van der Waals surface area contributed by atoms with Gasteiger partial charge in [0.1, 0.15) is 0 Å². The lowest BCUT2D eigenvalue weighted by atomic mass is 9.78. The largest absolute Gasteiger partial charge is 0.481 e. The molecule has 5 heteroatoms. The third-order valence-corrected chi connectivity index (χ3v) is 3.70. The quantitative estimate of drug-likeness (QED) is 0.694. The fourth-order valence-electron chi connectivity index (χ4n) is 2.61. The molecule has 0 bridgehead atoms. The van der Waals surface area contributed by atoms with Gasteiger partial charge in [-0.1, -0.05) is 12.8 Å². The van der Waals surface area contributed by atoms with E-state index in [4.69, 9.17) is 0 Å². The molecule has 18 heavy (non-hydrogen) atoms. The van der Waals surface area contributed by atoms with E-state index in [0.29, 0.717) is 19.4 Å². The molecule has 5 nitrogen and oxygen atoms in total. The minimum atomic E-state index is -0.823. The fraction of sp³-hybridized carbons (Fsp3) is 0.846. The maximum Gasteiger partial charge on any atom is 0.307 e. The number of hydrogen-bond acceptors (Lipinski definition) is 3. The Bertz CT molecular complexity index is 294. The van der Waals surface area contributed by atoms with Gasteiger partial charge in [-0.2, -0.15) is 0 Å². The highest BCUT2D eigenvalue weighted by molar-refractivity contribution is 5.84. The lowest BCUT2D eigenvalue weighted by molar-refractivity contribution is -0.151. The minimum Gasteiger partial charge on any atom is -0.481 e. The van der Waals surface area contributed by atoms with Gasteiger partial charge >= 0.3 is 5.97 Å². The van der Waals surface area contributed by atoms with E-state index in [9.17, 15) is 14.7 Å². The highest BCUT2D eigenvalue weighted by Gasteiger charge is 2.36. The predicted octanol–water partition coefficient (Wildman–Crippen LogP) is 0.945. The first-order chi connectivity index (χ1) is 8.57. The van der Waals surface area contributed by atoms with E-state index < -0.39 is 11.9 Å². The number of carboxylic acid groups (broad SMARTS) is 1. The van der Waals surface area contributed by atoms with Gasteiger partial charge in [0.05, 0.1) is 11.8 Å². The molecule has 0 spiro atoms. The molecule has 0 heterocycles. The molecular weight excluding hydrogens is 232 g/mol. The van der Waals surface area contributed by atoms with Gasteiger partial charge in [-0.05, 0) is 32.9 Å². The second-order valence-electron chi connectivity index (χ2n) is 5.05. The first kappa shape index (κ1) is 15.0. The third kappa shape index (κ3) is 3.98. The summed E-state index contributed by atoms with van der Waals surface area (Å²) in [5.74, 6) is -1.64. The van der Waals surface area contributed by atoms with Crippen molar-refractivity contribution < 1.29 is 14.7 Å². The van der Waals surface area contributed by atoms with Crippen LogP contribution in [0.1, 0.15) is 32.1 Å². The van der Waals surface area contributed by atoms with Gasteiger partial charge in [-0.3, -0.25) is 9.59 Å². The molecule has 2 atom stereocenters. The Balaban J connectivity index is 2.54. The van der Waals surface area contributed by atoms with Crippen LogP contribution in [-0.4, -0.2) is 49.1 Å². The standard InChI is InChI=1S/C13H24N2O3/c1-14-8-5-9-15(2)12(16)10-6-3-4-7-11(10)13(17)18/h10-11,14H,3-9H2,1-2H3,(H,17,18)/t10-,11+/m1/s1. The van der Waals surface area contributed by atoms with Crippen LogP contribution >= 0.6 is 0 Å². The first-order valence-corrected chi connectivity index (χ1v) is 6.70. The molecule has 1 rings (SSSR count). The van der Waals surface area contributed by atoms with Gasteiger partial charge in [0.2, 0.25) is 5.91 Å². The number of hydrogen-bond donors (Lipinski definition) is 2. The Morgan fingerprint density at radius 2 is 1.89 bits per heavy atom. The second kappa shape index (κ2) is 7.36. The van der Waals surface area contributed by atoms with Gasteiger partial charge in [-0.25, -0.2) is 0 Å². The smallest absolute Gasteiger partial charge is 0.307 e. The number of amides is 1. The lowest BCUT2D eigenvalue weighted by Crippen LogP contribution is -2.41. The van der Waals surface area contributed by atoms with Crippen molar-refractivity contribution in [1.82, 2.24) is 10.2 Å². The molecule has 1 fully saturated rings. The Kier molecular flexibility index (Phi) is 6.12. The van der Waals surface area contributed by atoms with Gasteiger partial charge in [-0.15, -0.1) is 0 Å². The van der Waals surface area contributed by atoms with Gasteiger partial charge in [0, 0.05) is 13.6 Å². The van der Waals surface area contributed by atoms with E-state index in [0.717, 1.165) is 25.8 Å². The molecular formula is C13H24N2O3. The number of nitrogens with one attached hydrogen (secondary N) is 1. The van der Waals surface area contributed by atoms with Crippen LogP contribution in [0.4, 0.5) is 0 Å². The van der Waals surface area contributed by atoms with Crippen molar-refractivity contribution in [2.45, 2.75) is 32.1 Å². The van der Waals surface area contributed by atoms with Crippen LogP contribution in [0.25, 0.3) is 0 Å². The minimum absolute atomic E-state index is 0.00166. The van der Waals surface area contributed by atoms with E-state index in [2.05, 4.69) is 5.32 Å². The van der Waals surface area contributed by atoms with Crippen LogP contribution in [-0.2, 0) is 9.59 Å². The van der Waals surface area contributed by atoms with Crippen molar-refractivity contribution in [1.29, 1.82) is 0 Å². The van der Waals surface area contributed by atoms with Crippen molar-refractivity contribution in [3.8, 4) is 0 Å². The van der Waals surface area contributed by atoms with Gasteiger partial charge in [0.15, 0.2) is 0 Å². The third-order valence-electron chi connectivity index (χ3n) is 3.70. The monoisotopic (exact) mass is 256 g/mol. The second-order valence-corrected chi connectivity index (χ2v) is 5.05. The molecule has 104 valence electrons. The van der Waals surface area contributed by atoms with Crippen LogP contribution in [0, 0.1) is 11.8 Å². The molecule has 1 aliphatic rings. The zero-order chi connectivity index (χ0) is 13.5. The normalized spacial score (nSPS) is 23.7. The molecule has 0 unspecified atom stereocenters. The van der Waals surface area contributed by atoms with Gasteiger partial charge < -0.3 is 15.3 Å². The average Bonchev–Trinajstić information content (AvgIpc) is 2.38. The number of aliphatic carboxylic acids is 1. The zero-order valence-corrected chi connectivity index (χ0v) is 11.3. The first-order valence-electron chi connectivity index (χ1n) is 6.70. The summed E-state index contributed by atoms with van der Waals surface area (Å²) in [5.41, 5.74) is 0. The van der Waals surface area contributed by atoms with Crippen molar-refractivity contribution in [2.75, 3.05) is 27.2 Å². The van der Waals surface area contributed by atoms with Crippen molar-refractivity contribution >= 4 is 11.9 Å². The molecule has 1 amide bonds. The average molecular weight is 256 g/mol. The summed E-state index contributed by atoms with van der Waals surface area (Å²) >= 11 is 0. The number of carboxylic acids is 1. The number of rotatable bonds is 6. The van der Waals surface area contributed by atoms with E-state index >= 15 is 0 Å². The highest BCUT2D eigenvalue weighted by atomic mass is 16.4. The Morgan fingerprint density at radius 1 is 1.28 bits per heavy atom. The lowest BCUT2D eigenvalue weighted by Gasteiger charge is -2.31. The highest BCUT2D eigenvalue weighted by Crippen LogP contribution is 2.31. The Morgan fingerprint density at radius 3 is 2.44 bits per heavy atom. The summed E-state index contributed by atoms with van der Waals surface area (Å²) in [6.45, 7) is 1.55. The molecule has 1 saturated carbocycles. The van der Waals surface area contributed by atoms with E-state index in [-0.39, 0.29) is 11.8 Å². The molecule has 0 radical (unpaired) electrons. The SMILES string of the molecule is CNCCCN(C)C(=O)[C@@H]1CCCC[C@@H]1C(=O)O. The van der Waals surface area contributed by atoms with E-state index in [1.54, 1.807) is 11.9 Å². The number of carbonyl (C=O) groups is 2. The van der Waals surface area contributed by atoms with E-state index in [1.165, 1.54) is 0 Å². The Hall–Kier alpha value is -1.10. The van der Waals surface area contributed by atoms with Crippen LogP contribution in [0.15, 0.2) is 0 Å².